The van der Waals surface area contributed by atoms with E-state index in [-0.39, 0.29) is 5.91 Å². The second-order valence-corrected chi connectivity index (χ2v) is 6.04. The molecule has 0 saturated heterocycles. The summed E-state index contributed by atoms with van der Waals surface area (Å²) in [7, 11) is 0. The van der Waals surface area contributed by atoms with Gasteiger partial charge in [0.2, 0.25) is 0 Å². The number of carbonyl (C=O) groups excluding carboxylic acids is 1. The summed E-state index contributed by atoms with van der Waals surface area (Å²) in [5.74, 6) is 6.10. The summed E-state index contributed by atoms with van der Waals surface area (Å²) >= 11 is 0. The molecule has 0 aromatic heterocycles. The molecule has 2 aromatic carbocycles. The number of nitrogens with two attached hydrogens (primary N) is 2. The van der Waals surface area contributed by atoms with Crippen molar-refractivity contribution < 1.29 is 4.79 Å². The predicted octanol–water partition coefficient (Wildman–Crippen LogP) is 4.43. The molecule has 0 aliphatic rings. The van der Waals surface area contributed by atoms with E-state index in [1.165, 1.54) is 19.3 Å². The van der Waals surface area contributed by atoms with Crippen molar-refractivity contribution in [2.45, 2.75) is 39.0 Å². The maximum absolute atomic E-state index is 12.3. The van der Waals surface area contributed by atoms with E-state index in [0.717, 1.165) is 18.4 Å². The van der Waals surface area contributed by atoms with E-state index >= 15 is 0 Å². The van der Waals surface area contributed by atoms with Crippen LogP contribution < -0.4 is 16.8 Å². The second-order valence-electron chi connectivity index (χ2n) is 6.04. The van der Waals surface area contributed by atoms with Crippen LogP contribution in [0.2, 0.25) is 0 Å². The fourth-order valence-corrected chi connectivity index (χ4v) is 2.49. The van der Waals surface area contributed by atoms with Crippen molar-refractivity contribution in [2.24, 2.45) is 0 Å². The number of amides is 1. The second kappa shape index (κ2) is 9.39. The number of anilines is 3. The molecule has 0 spiro atoms. The summed E-state index contributed by atoms with van der Waals surface area (Å²) in [5, 5.41) is 2.85. The fraction of sp³-hybridized carbons (Fsp3) is 0.286. The third-order valence-corrected chi connectivity index (χ3v) is 3.75. The van der Waals surface area contributed by atoms with Crippen LogP contribution in [0.25, 0.3) is 0 Å². The molecule has 0 heterocycles. The summed E-state index contributed by atoms with van der Waals surface area (Å²) in [6, 6.07) is 12.3. The van der Waals surface area contributed by atoms with Crippen molar-refractivity contribution in [3.63, 3.8) is 0 Å². The van der Waals surface area contributed by atoms with Crippen molar-refractivity contribution in [1.82, 2.24) is 0 Å². The smallest absolute Gasteiger partial charge is 0.255 e. The van der Waals surface area contributed by atoms with E-state index in [1.54, 1.807) is 18.2 Å². The number of carbonyl (C=O) groups is 1. The number of benzene rings is 2. The Morgan fingerprint density at radius 2 is 1.80 bits per heavy atom. The Kier molecular flexibility index (Phi) is 6.91. The van der Waals surface area contributed by atoms with Crippen LogP contribution in [0, 0.1) is 11.8 Å². The van der Waals surface area contributed by atoms with Gasteiger partial charge in [0.15, 0.2) is 0 Å². The lowest BCUT2D eigenvalue weighted by atomic mass is 10.1. The van der Waals surface area contributed by atoms with Gasteiger partial charge in [-0.25, -0.2) is 0 Å². The summed E-state index contributed by atoms with van der Waals surface area (Å²) in [6.45, 7) is 2.20. The molecule has 0 fully saturated rings. The van der Waals surface area contributed by atoms with E-state index in [2.05, 4.69) is 24.1 Å². The highest BCUT2D eigenvalue weighted by molar-refractivity contribution is 6.05. The molecule has 0 unspecified atom stereocenters. The third-order valence-electron chi connectivity index (χ3n) is 3.75. The average molecular weight is 335 g/mol. The molecule has 2 rings (SSSR count). The van der Waals surface area contributed by atoms with Crippen LogP contribution in [0.15, 0.2) is 42.5 Å². The lowest BCUT2D eigenvalue weighted by molar-refractivity contribution is 0.102. The normalized spacial score (nSPS) is 9.96. The van der Waals surface area contributed by atoms with Gasteiger partial charge in [-0.3, -0.25) is 4.79 Å². The molecule has 0 atom stereocenters. The van der Waals surface area contributed by atoms with Gasteiger partial charge in [0.1, 0.15) is 0 Å². The van der Waals surface area contributed by atoms with Gasteiger partial charge < -0.3 is 16.8 Å². The average Bonchev–Trinajstić information content (AvgIpc) is 2.57. The first kappa shape index (κ1) is 18.4. The lowest BCUT2D eigenvalue weighted by Gasteiger charge is -2.07. The summed E-state index contributed by atoms with van der Waals surface area (Å²) in [4.78, 5) is 12.3. The molecule has 130 valence electrons. The van der Waals surface area contributed by atoms with Crippen molar-refractivity contribution >= 4 is 23.0 Å². The van der Waals surface area contributed by atoms with Crippen LogP contribution in [-0.4, -0.2) is 5.91 Å². The Morgan fingerprint density at radius 3 is 2.52 bits per heavy atom. The first-order valence-corrected chi connectivity index (χ1v) is 8.65. The molecule has 1 amide bonds. The topological polar surface area (TPSA) is 81.1 Å². The number of hydrogen-bond donors (Lipinski definition) is 3. The Balaban J connectivity index is 1.99. The molecule has 0 saturated carbocycles. The molecule has 0 bridgehead atoms. The predicted molar refractivity (Wildman–Crippen MR) is 105 cm³/mol. The van der Waals surface area contributed by atoms with Crippen LogP contribution in [0.3, 0.4) is 0 Å². The van der Waals surface area contributed by atoms with Crippen LogP contribution >= 0.6 is 0 Å². The fourth-order valence-electron chi connectivity index (χ4n) is 2.49. The highest BCUT2D eigenvalue weighted by Gasteiger charge is 2.08. The minimum atomic E-state index is -0.247. The Hall–Kier alpha value is -2.93. The molecule has 2 aromatic rings. The lowest BCUT2D eigenvalue weighted by Crippen LogP contribution is -2.12. The largest absolute Gasteiger partial charge is 0.399 e. The molecule has 0 aliphatic heterocycles. The highest BCUT2D eigenvalue weighted by Crippen LogP contribution is 2.16. The molecular formula is C21H25N3O. The molecular weight excluding hydrogens is 310 g/mol. The zero-order valence-corrected chi connectivity index (χ0v) is 14.6. The highest BCUT2D eigenvalue weighted by atomic mass is 16.1. The number of unbranched alkanes of at least 4 members (excludes halogenated alkanes) is 4. The van der Waals surface area contributed by atoms with Crippen molar-refractivity contribution in [2.75, 3.05) is 16.8 Å². The minimum Gasteiger partial charge on any atom is -0.399 e. The van der Waals surface area contributed by atoms with Crippen LogP contribution in [-0.2, 0) is 0 Å². The molecule has 5 N–H and O–H groups in total. The summed E-state index contributed by atoms with van der Waals surface area (Å²) in [6.07, 6.45) is 5.75. The number of nitrogens with one attached hydrogen (secondary N) is 1. The standard InChI is InChI=1S/C21H25N3O/c1-2-3-4-5-6-7-9-16-10-8-11-20(12-16)24-21(25)17-13-18(22)15-19(23)14-17/h8,10-15H,2-6,22-23H2,1H3,(H,24,25). The van der Waals surface area contributed by atoms with E-state index in [0.29, 0.717) is 22.6 Å². The van der Waals surface area contributed by atoms with Gasteiger partial charge in [-0.05, 0) is 42.8 Å². The zero-order chi connectivity index (χ0) is 18.1. The summed E-state index contributed by atoms with van der Waals surface area (Å²) < 4.78 is 0. The third kappa shape index (κ3) is 6.23. The van der Waals surface area contributed by atoms with E-state index in [1.807, 2.05) is 24.3 Å². The number of nitrogen functional groups attached to an aromatic ring is 2. The van der Waals surface area contributed by atoms with Crippen molar-refractivity contribution in [3.05, 3.63) is 53.6 Å². The van der Waals surface area contributed by atoms with Crippen molar-refractivity contribution in [1.29, 1.82) is 0 Å². The van der Waals surface area contributed by atoms with E-state index in [4.69, 9.17) is 11.5 Å². The molecule has 4 nitrogen and oxygen atoms in total. The first-order chi connectivity index (χ1) is 12.1. The van der Waals surface area contributed by atoms with Gasteiger partial charge in [0.25, 0.3) is 5.91 Å². The molecule has 25 heavy (non-hydrogen) atoms. The maximum Gasteiger partial charge on any atom is 0.255 e. The quantitative estimate of drug-likeness (QED) is 0.415. The first-order valence-electron chi connectivity index (χ1n) is 8.65. The molecule has 0 radical (unpaired) electrons. The zero-order valence-electron chi connectivity index (χ0n) is 14.6. The van der Waals surface area contributed by atoms with Gasteiger partial charge in [0.05, 0.1) is 0 Å². The SMILES string of the molecule is CCCCCCC#Cc1cccc(NC(=O)c2cc(N)cc(N)c2)c1. The van der Waals surface area contributed by atoms with Crippen molar-refractivity contribution in [3.8, 4) is 11.8 Å². The van der Waals surface area contributed by atoms with Gasteiger partial charge in [0, 0.05) is 34.6 Å². The molecule has 0 aliphatic carbocycles. The van der Waals surface area contributed by atoms with Gasteiger partial charge >= 0.3 is 0 Å². The Labute approximate surface area is 149 Å². The van der Waals surface area contributed by atoms with Crippen LogP contribution in [0.4, 0.5) is 17.1 Å². The van der Waals surface area contributed by atoms with Gasteiger partial charge in [-0.1, -0.05) is 44.1 Å². The van der Waals surface area contributed by atoms with Gasteiger partial charge in [-0.2, -0.15) is 0 Å². The van der Waals surface area contributed by atoms with E-state index < -0.39 is 0 Å². The maximum atomic E-state index is 12.3. The molecule has 4 heteroatoms. The summed E-state index contributed by atoms with van der Waals surface area (Å²) in [5.41, 5.74) is 14.4. The number of rotatable bonds is 6. The van der Waals surface area contributed by atoms with Crippen LogP contribution in [0.5, 0.6) is 0 Å². The van der Waals surface area contributed by atoms with E-state index in [9.17, 15) is 4.79 Å². The minimum absolute atomic E-state index is 0.247. The van der Waals surface area contributed by atoms with Crippen LogP contribution in [0.1, 0.15) is 54.9 Å². The van der Waals surface area contributed by atoms with Gasteiger partial charge in [-0.15, -0.1) is 0 Å². The Bertz CT molecular complexity index is 767. The monoisotopic (exact) mass is 335 g/mol. The Morgan fingerprint density at radius 1 is 1.04 bits per heavy atom. The number of hydrogen-bond acceptors (Lipinski definition) is 3.